The van der Waals surface area contributed by atoms with E-state index in [2.05, 4.69) is 338 Å². The van der Waals surface area contributed by atoms with Gasteiger partial charge in [-0.2, -0.15) is 0 Å². The highest BCUT2D eigenvalue weighted by Gasteiger charge is 2.41. The number of para-hydroxylation sites is 6. The minimum Gasteiger partial charge on any atom is -0.419 e. The molecule has 3 aromatic heterocycles. The van der Waals surface area contributed by atoms with Crippen molar-refractivity contribution in [1.29, 1.82) is 0 Å². The lowest BCUT2D eigenvalue weighted by molar-refractivity contribution is -0.152. The monoisotopic (exact) mass is 1900 g/mol. The van der Waals surface area contributed by atoms with Crippen LogP contribution in [0.1, 0.15) is 220 Å². The van der Waals surface area contributed by atoms with Crippen molar-refractivity contribution >= 4 is 57.9 Å². The van der Waals surface area contributed by atoms with E-state index in [-0.39, 0.29) is 53.6 Å². The Kier molecular flexibility index (Phi) is 35.3. The minimum absolute atomic E-state index is 0.0724. The van der Waals surface area contributed by atoms with Crippen LogP contribution >= 0.6 is 0 Å². The molecule has 4 amide bonds. The fourth-order valence-corrected chi connectivity index (χ4v) is 23.2. The van der Waals surface area contributed by atoms with Gasteiger partial charge in [0.2, 0.25) is 6.29 Å². The van der Waals surface area contributed by atoms with Gasteiger partial charge in [0, 0.05) is 275 Å². The number of hydrogen-bond donors (Lipinski definition) is 0. The van der Waals surface area contributed by atoms with E-state index < -0.39 is 24.8 Å². The fraction of sp³-hybridized carbons (Fsp3) is 0.548. The van der Waals surface area contributed by atoms with Crippen LogP contribution in [0.4, 0.5) is 38.9 Å². The molecule has 6 aromatic carbocycles. The van der Waals surface area contributed by atoms with Crippen LogP contribution in [0.3, 0.4) is 0 Å². The van der Waals surface area contributed by atoms with E-state index in [4.69, 9.17) is 18.9 Å². The van der Waals surface area contributed by atoms with Crippen molar-refractivity contribution in [3.05, 3.63) is 250 Å². The molecule has 0 saturated carbocycles. The van der Waals surface area contributed by atoms with E-state index in [0.29, 0.717) is 56.7 Å². The van der Waals surface area contributed by atoms with Gasteiger partial charge in [-0.05, 0) is 235 Å². The summed E-state index contributed by atoms with van der Waals surface area (Å²) in [6, 6.07) is 65.3. The van der Waals surface area contributed by atoms with Gasteiger partial charge in [-0.1, -0.05) is 151 Å². The van der Waals surface area contributed by atoms with E-state index in [0.717, 1.165) is 210 Å². The molecule has 0 spiro atoms. The quantitative estimate of drug-likeness (QED) is 0.0334. The van der Waals surface area contributed by atoms with Gasteiger partial charge in [-0.25, -0.2) is 4.79 Å². The molecule has 24 nitrogen and oxygen atoms in total. The summed E-state index contributed by atoms with van der Waals surface area (Å²) in [5.74, 6) is 1.83. The van der Waals surface area contributed by atoms with Crippen LogP contribution in [-0.2, 0) is 59.7 Å². The van der Waals surface area contributed by atoms with Crippen LogP contribution in [0.25, 0.3) is 0 Å². The third-order valence-corrected chi connectivity index (χ3v) is 31.5. The number of benzene rings is 6. The molecule has 0 bridgehead atoms. The molecule has 9 heterocycles. The normalized spacial score (nSPS) is 19.3. The zero-order valence-corrected chi connectivity index (χ0v) is 87.0. The summed E-state index contributed by atoms with van der Waals surface area (Å²) in [5, 5.41) is 0. The van der Waals surface area contributed by atoms with E-state index in [1.54, 1.807) is 26.2 Å². The van der Waals surface area contributed by atoms with Gasteiger partial charge in [0.25, 0.3) is 17.7 Å². The van der Waals surface area contributed by atoms with E-state index in [1.165, 1.54) is 67.5 Å². The van der Waals surface area contributed by atoms with Crippen LogP contribution in [0.2, 0.25) is 0 Å². The number of rotatable bonds is 39. The lowest BCUT2D eigenvalue weighted by Gasteiger charge is -2.41. The first-order chi connectivity index (χ1) is 67.1. The van der Waals surface area contributed by atoms with E-state index in [9.17, 15) is 14.4 Å². The van der Waals surface area contributed by atoms with Crippen LogP contribution in [0.15, 0.2) is 182 Å². The lowest BCUT2D eigenvalue weighted by atomic mass is 9.84. The zero-order chi connectivity index (χ0) is 98.2. The summed E-state index contributed by atoms with van der Waals surface area (Å²) < 4.78 is 33.1. The summed E-state index contributed by atoms with van der Waals surface area (Å²) in [6.07, 6.45) is 3.68. The van der Waals surface area contributed by atoms with E-state index >= 15 is 4.79 Å². The second-order valence-electron chi connectivity index (χ2n) is 42.0. The molecule has 750 valence electrons. The number of piperazine rings is 6. The molecule has 24 heteroatoms. The summed E-state index contributed by atoms with van der Waals surface area (Å²) in [7, 11) is 11.3. The number of amides is 4. The first-order valence-corrected chi connectivity index (χ1v) is 52.2. The topological polar surface area (TPSA) is 162 Å². The first-order valence-electron chi connectivity index (χ1n) is 52.2. The van der Waals surface area contributed by atoms with Crippen LogP contribution in [0.5, 0.6) is 0 Å². The smallest absolute Gasteiger partial charge is 0.416 e. The highest BCUT2D eigenvalue weighted by atomic mass is 16.7. The average Bonchev–Trinajstić information content (AvgIpc) is 1.65. The van der Waals surface area contributed by atoms with Crippen molar-refractivity contribution in [1.82, 2.24) is 48.0 Å². The van der Waals surface area contributed by atoms with E-state index in [1.807, 2.05) is 21.1 Å². The molecule has 0 unspecified atom stereocenters. The molecule has 139 heavy (non-hydrogen) atoms. The Morgan fingerprint density at radius 1 is 0.331 bits per heavy atom. The van der Waals surface area contributed by atoms with Crippen molar-refractivity contribution in [2.24, 2.45) is 38.9 Å². The molecule has 9 aromatic rings. The zero-order valence-electron chi connectivity index (χ0n) is 87.0. The molecule has 9 atom stereocenters. The van der Waals surface area contributed by atoms with Gasteiger partial charge in [-0.15, -0.1) is 0 Å². The molecule has 15 rings (SSSR count). The third-order valence-electron chi connectivity index (χ3n) is 31.5. The SMILES string of the molecule is CO[C@H](CC[C@@H](CC(C)C)c1ccccc1N1CCN(Cc2cc(C(=O)N3CCN(c4ccccc4)C[C@@H]3C)n(C)c2C)CC1)OC(=O)N([C@H](CC[C@@H](CC(C)C)c1ccccc1N1CCN(Cc2cc(C(=O)N3CCN(c4ccccc4)C[C@@H]3C)n(C)c2C)CC1)OC)[C@H](CC[C@@H](CC(C)C)c1ccccc1N1CCN(Cc2cc(C(=O)N3CCN(c4ccccc4)C[C@@H]3C)n(C)c2C)CC1)OC. The van der Waals surface area contributed by atoms with Crippen molar-refractivity contribution in [2.75, 3.05) is 188 Å². The number of carbonyl (C=O) groups excluding carboxylic acids is 4. The van der Waals surface area contributed by atoms with Gasteiger partial charge in [0.15, 0.2) is 0 Å². The highest BCUT2D eigenvalue weighted by molar-refractivity contribution is 5.95. The number of carbonyl (C=O) groups is 4. The molecular formula is C115H162N16O8. The van der Waals surface area contributed by atoms with Crippen molar-refractivity contribution < 1.29 is 38.1 Å². The molecule has 6 saturated heterocycles. The second kappa shape index (κ2) is 47.8. The number of aromatic nitrogens is 3. The molecular weight excluding hydrogens is 1730 g/mol. The second-order valence-corrected chi connectivity index (χ2v) is 42.0. The Labute approximate surface area is 831 Å². The lowest BCUT2D eigenvalue weighted by Crippen LogP contribution is -2.54. The molecule has 0 aliphatic carbocycles. The standard InChI is InChI=1S/C115H162N16O8/c1-82(2)70-91(100-40-28-31-43-103(100)122-58-52-119(53-59-122)79-94-73-106(116(13)88(94)10)112(132)128-67-64-125(76-85(128)7)97-34-22-19-23-35-97)46-49-109(136-16)131(110(137-17)50-47-92(71-83(3)4)101-41-29-32-44-104(101)123-60-54-120(55-61-123)80-95-74-107(117(14)89(95)11)113(133)129-68-65-126(77-86(129)8)98-36-24-20-25-37-98)115(135)139-111(138-18)51-48-93(72-84(5)6)102-42-30-33-45-105(102)124-62-56-121(57-63-124)81-96-75-108(118(15)90(96)12)114(134)130-69-66-127(78-87(130)9)99-38-26-21-27-39-99/h19-45,73-75,82-87,91-93,109-111H,46-72,76-81H2,1-18H3/t85-,86-,87-,91-,92-,93-,109-,110-,111-/m0/s1. The summed E-state index contributed by atoms with van der Waals surface area (Å²) in [4.78, 5) is 90.1. The number of ether oxygens (including phenoxy) is 4. The number of hydrogen-bond acceptors (Lipinski definition) is 17. The fourth-order valence-electron chi connectivity index (χ4n) is 23.2. The van der Waals surface area contributed by atoms with Crippen LogP contribution in [-0.4, -0.2) is 267 Å². The largest absolute Gasteiger partial charge is 0.419 e. The van der Waals surface area contributed by atoms with Crippen molar-refractivity contribution in [2.45, 2.75) is 215 Å². The molecule has 6 fully saturated rings. The maximum absolute atomic E-state index is 16.2. The molecule has 0 radical (unpaired) electrons. The minimum atomic E-state index is -0.873. The van der Waals surface area contributed by atoms with Gasteiger partial charge in [-0.3, -0.25) is 34.0 Å². The Bertz CT molecular complexity index is 5240. The molecule has 0 N–H and O–H groups in total. The summed E-state index contributed by atoms with van der Waals surface area (Å²) in [6.45, 7) is 46.4. The number of nitrogens with zero attached hydrogens (tertiary/aromatic N) is 16. The van der Waals surface area contributed by atoms with Crippen LogP contribution in [0, 0.1) is 38.5 Å². The van der Waals surface area contributed by atoms with Gasteiger partial charge < -0.3 is 76.7 Å². The average molecular weight is 1900 g/mol. The Morgan fingerprint density at radius 3 is 0.863 bits per heavy atom. The number of methoxy groups -OCH3 is 3. The van der Waals surface area contributed by atoms with Crippen molar-refractivity contribution in [3.8, 4) is 0 Å². The maximum Gasteiger partial charge on any atom is 0.416 e. The maximum atomic E-state index is 16.2. The van der Waals surface area contributed by atoms with Crippen LogP contribution < -0.4 is 29.4 Å². The predicted molar refractivity (Wildman–Crippen MR) is 565 cm³/mol. The highest BCUT2D eigenvalue weighted by Crippen LogP contribution is 2.43. The Hall–Kier alpha value is -10.6. The summed E-state index contributed by atoms with van der Waals surface area (Å²) >= 11 is 0. The third kappa shape index (κ3) is 24.8. The predicted octanol–water partition coefficient (Wildman–Crippen LogP) is 19.1. The first kappa shape index (κ1) is 103. The number of anilines is 6. The van der Waals surface area contributed by atoms with Crippen molar-refractivity contribution in [3.63, 3.8) is 0 Å². The molecule has 6 aliphatic heterocycles. The van der Waals surface area contributed by atoms with Gasteiger partial charge in [0.1, 0.15) is 29.5 Å². The molecule has 6 aliphatic rings. The van der Waals surface area contributed by atoms with Gasteiger partial charge in [0.05, 0.1) is 0 Å². The summed E-state index contributed by atoms with van der Waals surface area (Å²) in [5.41, 5.74) is 20.5. The Balaban J connectivity index is 0.631. The Morgan fingerprint density at radius 2 is 0.597 bits per heavy atom. The van der Waals surface area contributed by atoms with Gasteiger partial charge >= 0.3 is 6.09 Å².